The zero-order chi connectivity index (χ0) is 17.9. The number of hydrogen-bond acceptors (Lipinski definition) is 2. The molecule has 3 N–H and O–H groups in total. The molecule has 0 heterocycles. The van der Waals surface area contributed by atoms with Crippen LogP contribution in [0.25, 0.3) is 0 Å². The van der Waals surface area contributed by atoms with Crippen molar-refractivity contribution in [3.63, 3.8) is 0 Å². The molecule has 1 amide bonds. The molecule has 2 aromatic carbocycles. The van der Waals surface area contributed by atoms with Crippen LogP contribution in [0.5, 0.6) is 0 Å². The number of carbonyl (C=O) groups excluding carboxylic acids is 1. The Hall–Kier alpha value is -1.80. The van der Waals surface area contributed by atoms with Crippen LogP contribution >= 0.6 is 35.6 Å². The number of hydrogen-bond donors (Lipinski definition) is 3. The van der Waals surface area contributed by atoms with E-state index < -0.39 is 0 Å². The van der Waals surface area contributed by atoms with Crippen molar-refractivity contribution in [2.24, 2.45) is 4.99 Å². The number of benzene rings is 2. The molecule has 0 spiro atoms. The Morgan fingerprint density at radius 3 is 2.38 bits per heavy atom. The second kappa shape index (κ2) is 12.5. The van der Waals surface area contributed by atoms with Gasteiger partial charge in [-0.1, -0.05) is 60.1 Å². The van der Waals surface area contributed by atoms with E-state index in [1.807, 2.05) is 61.5 Å². The molecule has 5 nitrogen and oxygen atoms in total. The number of aliphatic imine (C=N–C) groups is 1. The molecule has 0 aliphatic carbocycles. The molecule has 0 fully saturated rings. The Morgan fingerprint density at radius 2 is 1.69 bits per heavy atom. The summed E-state index contributed by atoms with van der Waals surface area (Å²) in [6, 6.07) is 17.4. The van der Waals surface area contributed by atoms with Gasteiger partial charge in [0.25, 0.3) is 0 Å². The van der Waals surface area contributed by atoms with Gasteiger partial charge in [-0.2, -0.15) is 0 Å². The molecule has 0 bridgehead atoms. The second-order valence-electron chi connectivity index (χ2n) is 5.40. The SMILES string of the molecule is CCNC(=NCc1ccccc1Cl)NCC(=O)NCc1ccccc1.I. The minimum atomic E-state index is -0.0906. The summed E-state index contributed by atoms with van der Waals surface area (Å²) in [6.45, 7) is 3.79. The topological polar surface area (TPSA) is 65.5 Å². The lowest BCUT2D eigenvalue weighted by atomic mass is 10.2. The van der Waals surface area contributed by atoms with Gasteiger partial charge in [0, 0.05) is 18.1 Å². The Bertz CT molecular complexity index is 710. The fourth-order valence-corrected chi connectivity index (χ4v) is 2.35. The normalized spacial score (nSPS) is 10.6. The van der Waals surface area contributed by atoms with E-state index in [0.29, 0.717) is 30.6 Å². The van der Waals surface area contributed by atoms with Gasteiger partial charge in [0.2, 0.25) is 5.91 Å². The maximum Gasteiger partial charge on any atom is 0.239 e. The van der Waals surface area contributed by atoms with Gasteiger partial charge in [-0.25, -0.2) is 4.99 Å². The number of rotatable bonds is 7. The Morgan fingerprint density at radius 1 is 1.00 bits per heavy atom. The summed E-state index contributed by atoms with van der Waals surface area (Å²) in [4.78, 5) is 16.4. The van der Waals surface area contributed by atoms with E-state index in [2.05, 4.69) is 20.9 Å². The van der Waals surface area contributed by atoms with Crippen LogP contribution in [-0.2, 0) is 17.9 Å². The van der Waals surface area contributed by atoms with Crippen LogP contribution in [0.2, 0.25) is 5.02 Å². The van der Waals surface area contributed by atoms with Crippen LogP contribution in [0.3, 0.4) is 0 Å². The highest BCUT2D eigenvalue weighted by Gasteiger charge is 2.04. The molecule has 0 saturated heterocycles. The maximum atomic E-state index is 12.0. The minimum absolute atomic E-state index is 0. The van der Waals surface area contributed by atoms with E-state index in [0.717, 1.165) is 11.1 Å². The van der Waals surface area contributed by atoms with Gasteiger partial charge in [-0.15, -0.1) is 24.0 Å². The molecule has 0 atom stereocenters. The fourth-order valence-electron chi connectivity index (χ4n) is 2.16. The highest BCUT2D eigenvalue weighted by atomic mass is 127. The lowest BCUT2D eigenvalue weighted by Crippen LogP contribution is -2.43. The van der Waals surface area contributed by atoms with Gasteiger partial charge in [0.1, 0.15) is 0 Å². The van der Waals surface area contributed by atoms with Crippen LogP contribution < -0.4 is 16.0 Å². The fraction of sp³-hybridized carbons (Fsp3) is 0.263. The highest BCUT2D eigenvalue weighted by molar-refractivity contribution is 14.0. The summed E-state index contributed by atoms with van der Waals surface area (Å²) in [6.07, 6.45) is 0. The van der Waals surface area contributed by atoms with Crippen LogP contribution in [0.4, 0.5) is 0 Å². The number of nitrogens with one attached hydrogen (secondary N) is 3. The molecular formula is C19H24ClIN4O. The summed E-state index contributed by atoms with van der Waals surface area (Å²) < 4.78 is 0. The molecule has 7 heteroatoms. The predicted octanol–water partition coefficient (Wildman–Crippen LogP) is 3.33. The Labute approximate surface area is 176 Å². The average molecular weight is 487 g/mol. The van der Waals surface area contributed by atoms with E-state index in [1.54, 1.807) is 0 Å². The van der Waals surface area contributed by atoms with Crippen molar-refractivity contribution < 1.29 is 4.79 Å². The average Bonchev–Trinajstić information content (AvgIpc) is 2.64. The molecule has 0 unspecified atom stereocenters. The smallest absolute Gasteiger partial charge is 0.239 e. The standard InChI is InChI=1S/C19H23ClN4O.HI/c1-2-21-19(23-13-16-10-6-7-11-17(16)20)24-14-18(25)22-12-15-8-4-3-5-9-15;/h3-11H,2,12-14H2,1H3,(H,22,25)(H2,21,23,24);1H. The molecule has 0 radical (unpaired) electrons. The molecule has 140 valence electrons. The van der Waals surface area contributed by atoms with Crippen molar-refractivity contribution >= 4 is 47.4 Å². The van der Waals surface area contributed by atoms with Crippen molar-refractivity contribution in [1.82, 2.24) is 16.0 Å². The zero-order valence-electron chi connectivity index (χ0n) is 14.7. The first-order chi connectivity index (χ1) is 12.2. The minimum Gasteiger partial charge on any atom is -0.357 e. The van der Waals surface area contributed by atoms with Crippen molar-refractivity contribution in [2.45, 2.75) is 20.0 Å². The summed E-state index contributed by atoms with van der Waals surface area (Å²) in [5.41, 5.74) is 2.00. The largest absolute Gasteiger partial charge is 0.357 e. The van der Waals surface area contributed by atoms with Crippen molar-refractivity contribution in [3.8, 4) is 0 Å². The molecule has 26 heavy (non-hydrogen) atoms. The van der Waals surface area contributed by atoms with Gasteiger partial charge in [-0.3, -0.25) is 4.79 Å². The molecule has 2 aromatic rings. The summed E-state index contributed by atoms with van der Waals surface area (Å²) in [5.74, 6) is 0.490. The van der Waals surface area contributed by atoms with Gasteiger partial charge >= 0.3 is 0 Å². The number of halogens is 2. The zero-order valence-corrected chi connectivity index (χ0v) is 17.8. The third-order valence-corrected chi connectivity index (χ3v) is 3.83. The van der Waals surface area contributed by atoms with E-state index in [4.69, 9.17) is 11.6 Å². The van der Waals surface area contributed by atoms with E-state index >= 15 is 0 Å². The Balaban J connectivity index is 0.00000338. The maximum absolute atomic E-state index is 12.0. The summed E-state index contributed by atoms with van der Waals surface area (Å²) >= 11 is 6.14. The van der Waals surface area contributed by atoms with Crippen LogP contribution in [0.15, 0.2) is 59.6 Å². The van der Waals surface area contributed by atoms with Crippen LogP contribution in [-0.4, -0.2) is 25.0 Å². The third-order valence-electron chi connectivity index (χ3n) is 3.46. The lowest BCUT2D eigenvalue weighted by Gasteiger charge is -2.12. The Kier molecular flexibility index (Phi) is 10.7. The molecule has 2 rings (SSSR count). The quantitative estimate of drug-likeness (QED) is 0.320. The molecule has 0 saturated carbocycles. The van der Waals surface area contributed by atoms with Crippen LogP contribution in [0.1, 0.15) is 18.1 Å². The first-order valence-electron chi connectivity index (χ1n) is 8.25. The van der Waals surface area contributed by atoms with E-state index in [1.165, 1.54) is 0 Å². The second-order valence-corrected chi connectivity index (χ2v) is 5.81. The van der Waals surface area contributed by atoms with Crippen molar-refractivity contribution in [3.05, 3.63) is 70.7 Å². The van der Waals surface area contributed by atoms with Crippen molar-refractivity contribution in [1.29, 1.82) is 0 Å². The first kappa shape index (κ1) is 22.2. The van der Waals surface area contributed by atoms with Gasteiger partial charge in [-0.05, 0) is 24.1 Å². The van der Waals surface area contributed by atoms with Crippen molar-refractivity contribution in [2.75, 3.05) is 13.1 Å². The predicted molar refractivity (Wildman–Crippen MR) is 118 cm³/mol. The molecular weight excluding hydrogens is 463 g/mol. The number of nitrogens with zero attached hydrogens (tertiary/aromatic N) is 1. The van der Waals surface area contributed by atoms with E-state index in [-0.39, 0.29) is 36.4 Å². The first-order valence-corrected chi connectivity index (χ1v) is 8.63. The molecule has 0 aromatic heterocycles. The monoisotopic (exact) mass is 486 g/mol. The van der Waals surface area contributed by atoms with Gasteiger partial charge < -0.3 is 16.0 Å². The van der Waals surface area contributed by atoms with Gasteiger partial charge in [0.15, 0.2) is 5.96 Å². The third kappa shape index (κ3) is 8.05. The number of guanidine groups is 1. The summed E-state index contributed by atoms with van der Waals surface area (Å²) in [5, 5.41) is 9.70. The molecule has 0 aliphatic heterocycles. The number of amides is 1. The van der Waals surface area contributed by atoms with Crippen LogP contribution in [0, 0.1) is 0 Å². The number of carbonyl (C=O) groups is 1. The molecule has 0 aliphatic rings. The lowest BCUT2D eigenvalue weighted by molar-refractivity contribution is -0.120. The highest BCUT2D eigenvalue weighted by Crippen LogP contribution is 2.15. The van der Waals surface area contributed by atoms with E-state index in [9.17, 15) is 4.79 Å². The summed E-state index contributed by atoms with van der Waals surface area (Å²) in [7, 11) is 0. The van der Waals surface area contributed by atoms with Gasteiger partial charge in [0.05, 0.1) is 13.1 Å².